The normalized spacial score (nSPS) is 12.4. The lowest BCUT2D eigenvalue weighted by Crippen LogP contribution is -2.32. The Hall–Kier alpha value is -1.55. The molecule has 1 amide bonds. The molecule has 2 N–H and O–H groups in total. The number of benzene rings is 1. The zero-order chi connectivity index (χ0) is 14.6. The predicted octanol–water partition coefficient (Wildman–Crippen LogP) is 2.12. The molecule has 0 fully saturated rings. The van der Waals surface area contributed by atoms with Crippen molar-refractivity contribution in [2.24, 2.45) is 0 Å². The van der Waals surface area contributed by atoms with Gasteiger partial charge in [-0.3, -0.25) is 4.79 Å². The van der Waals surface area contributed by atoms with Crippen molar-refractivity contribution in [3.05, 3.63) is 28.8 Å². The molecule has 0 saturated heterocycles. The van der Waals surface area contributed by atoms with Crippen LogP contribution in [0.5, 0.6) is 5.75 Å². The molecule has 0 bridgehead atoms. The summed E-state index contributed by atoms with van der Waals surface area (Å²) in [6.45, 7) is 8.06. The van der Waals surface area contributed by atoms with Crippen LogP contribution in [0.25, 0.3) is 0 Å². The van der Waals surface area contributed by atoms with Gasteiger partial charge in [0.25, 0.3) is 0 Å². The molecule has 1 aromatic carbocycles. The molecule has 4 nitrogen and oxygen atoms in total. The van der Waals surface area contributed by atoms with E-state index in [4.69, 9.17) is 9.84 Å². The van der Waals surface area contributed by atoms with E-state index in [1.165, 1.54) is 6.92 Å². The van der Waals surface area contributed by atoms with E-state index in [0.717, 1.165) is 22.4 Å². The smallest absolute Gasteiger partial charge is 0.248 e. The average molecular weight is 265 g/mol. The molecular formula is C15H23NO3. The van der Waals surface area contributed by atoms with E-state index >= 15 is 0 Å². The zero-order valence-corrected chi connectivity index (χ0v) is 12.3. The molecule has 0 spiro atoms. The van der Waals surface area contributed by atoms with Crippen LogP contribution in [0.15, 0.2) is 12.1 Å². The Morgan fingerprint density at radius 3 is 2.47 bits per heavy atom. The molecule has 1 rings (SSSR count). The highest BCUT2D eigenvalue weighted by atomic mass is 16.5. The second-order valence-corrected chi connectivity index (χ2v) is 5.07. The monoisotopic (exact) mass is 265 g/mol. The van der Waals surface area contributed by atoms with Crippen molar-refractivity contribution in [2.45, 2.75) is 46.3 Å². The van der Waals surface area contributed by atoms with E-state index in [1.807, 2.05) is 13.0 Å². The number of carbonyl (C=O) groups excluding carboxylic acids is 1. The minimum atomic E-state index is -0.983. The third-order valence-electron chi connectivity index (χ3n) is 3.14. The molecule has 106 valence electrons. The SMILES string of the molecule is COc1cc(C)c(CNC(=O)C(C)O)cc1C(C)C. The number of methoxy groups -OCH3 is 1. The standard InChI is InChI=1S/C15H23NO3/c1-9(2)13-7-12(8-16-15(18)11(4)17)10(3)6-14(13)19-5/h6-7,9,11,17H,8H2,1-5H3,(H,16,18). The van der Waals surface area contributed by atoms with E-state index in [9.17, 15) is 4.79 Å². The lowest BCUT2D eigenvalue weighted by molar-refractivity contribution is -0.128. The Morgan fingerprint density at radius 1 is 1.37 bits per heavy atom. The molecule has 0 aliphatic heterocycles. The summed E-state index contributed by atoms with van der Waals surface area (Å²) >= 11 is 0. The topological polar surface area (TPSA) is 58.6 Å². The first-order valence-corrected chi connectivity index (χ1v) is 6.50. The van der Waals surface area contributed by atoms with Crippen molar-refractivity contribution in [1.82, 2.24) is 5.32 Å². The van der Waals surface area contributed by atoms with Crippen molar-refractivity contribution in [1.29, 1.82) is 0 Å². The highest BCUT2D eigenvalue weighted by Crippen LogP contribution is 2.29. The van der Waals surface area contributed by atoms with Gasteiger partial charge in [0.1, 0.15) is 11.9 Å². The van der Waals surface area contributed by atoms with Crippen LogP contribution < -0.4 is 10.1 Å². The largest absolute Gasteiger partial charge is 0.496 e. The number of aryl methyl sites for hydroxylation is 1. The number of hydrogen-bond acceptors (Lipinski definition) is 3. The van der Waals surface area contributed by atoms with E-state index in [-0.39, 0.29) is 5.91 Å². The van der Waals surface area contributed by atoms with Crippen molar-refractivity contribution in [2.75, 3.05) is 7.11 Å². The number of ether oxygens (including phenoxy) is 1. The molecule has 0 radical (unpaired) electrons. The molecule has 0 aliphatic carbocycles. The number of amides is 1. The highest BCUT2D eigenvalue weighted by Gasteiger charge is 2.13. The first-order chi connectivity index (χ1) is 8.86. The first kappa shape index (κ1) is 15.5. The Labute approximate surface area is 114 Å². The molecule has 0 aromatic heterocycles. The van der Waals surface area contributed by atoms with Crippen LogP contribution in [0.2, 0.25) is 0 Å². The molecule has 1 atom stereocenters. The van der Waals surface area contributed by atoms with Crippen LogP contribution in [0.4, 0.5) is 0 Å². The van der Waals surface area contributed by atoms with Crippen molar-refractivity contribution >= 4 is 5.91 Å². The van der Waals surface area contributed by atoms with E-state index in [2.05, 4.69) is 25.2 Å². The molecule has 1 aromatic rings. The quantitative estimate of drug-likeness (QED) is 0.857. The number of carbonyl (C=O) groups is 1. The minimum Gasteiger partial charge on any atom is -0.496 e. The Morgan fingerprint density at radius 2 is 2.00 bits per heavy atom. The lowest BCUT2D eigenvalue weighted by Gasteiger charge is -2.16. The summed E-state index contributed by atoms with van der Waals surface area (Å²) < 4.78 is 5.38. The van der Waals surface area contributed by atoms with Gasteiger partial charge in [0.15, 0.2) is 0 Å². The van der Waals surface area contributed by atoms with Gasteiger partial charge in [-0.25, -0.2) is 0 Å². The predicted molar refractivity (Wildman–Crippen MR) is 75.3 cm³/mol. The van der Waals surface area contributed by atoms with E-state index in [0.29, 0.717) is 12.5 Å². The molecule has 0 heterocycles. The summed E-state index contributed by atoms with van der Waals surface area (Å²) in [6, 6.07) is 4.04. The third kappa shape index (κ3) is 3.96. The van der Waals surface area contributed by atoms with E-state index < -0.39 is 6.10 Å². The van der Waals surface area contributed by atoms with Gasteiger partial charge < -0.3 is 15.2 Å². The molecular weight excluding hydrogens is 242 g/mol. The number of rotatable bonds is 5. The van der Waals surface area contributed by atoms with Crippen LogP contribution >= 0.6 is 0 Å². The number of nitrogens with one attached hydrogen (secondary N) is 1. The maximum Gasteiger partial charge on any atom is 0.248 e. The summed E-state index contributed by atoms with van der Waals surface area (Å²) in [5.74, 6) is 0.862. The van der Waals surface area contributed by atoms with Crippen LogP contribution in [0, 0.1) is 6.92 Å². The van der Waals surface area contributed by atoms with Gasteiger partial charge in [0.2, 0.25) is 5.91 Å². The van der Waals surface area contributed by atoms with Crippen LogP contribution in [0.1, 0.15) is 43.4 Å². The number of hydrogen-bond donors (Lipinski definition) is 2. The van der Waals surface area contributed by atoms with Crippen LogP contribution in [-0.4, -0.2) is 24.2 Å². The fraction of sp³-hybridized carbons (Fsp3) is 0.533. The zero-order valence-electron chi connectivity index (χ0n) is 12.3. The molecule has 19 heavy (non-hydrogen) atoms. The summed E-state index contributed by atoms with van der Waals surface area (Å²) in [6.07, 6.45) is -0.983. The van der Waals surface area contributed by atoms with Gasteiger partial charge in [0, 0.05) is 6.54 Å². The van der Waals surface area contributed by atoms with Crippen molar-refractivity contribution in [3.63, 3.8) is 0 Å². The van der Waals surface area contributed by atoms with Gasteiger partial charge in [-0.2, -0.15) is 0 Å². The van der Waals surface area contributed by atoms with Crippen LogP contribution in [-0.2, 0) is 11.3 Å². The van der Waals surface area contributed by atoms with Crippen molar-refractivity contribution < 1.29 is 14.6 Å². The molecule has 4 heteroatoms. The number of aliphatic hydroxyl groups is 1. The van der Waals surface area contributed by atoms with Gasteiger partial charge in [-0.1, -0.05) is 13.8 Å². The summed E-state index contributed by atoms with van der Waals surface area (Å²) in [7, 11) is 1.66. The van der Waals surface area contributed by atoms with Gasteiger partial charge in [0.05, 0.1) is 7.11 Å². The Bertz CT molecular complexity index is 453. The lowest BCUT2D eigenvalue weighted by atomic mass is 9.96. The van der Waals surface area contributed by atoms with Crippen molar-refractivity contribution in [3.8, 4) is 5.75 Å². The summed E-state index contributed by atoms with van der Waals surface area (Å²) in [5, 5.41) is 11.9. The Kier molecular flexibility index (Phi) is 5.36. The fourth-order valence-corrected chi connectivity index (χ4v) is 1.89. The fourth-order valence-electron chi connectivity index (χ4n) is 1.89. The molecule has 0 saturated carbocycles. The highest BCUT2D eigenvalue weighted by molar-refractivity contribution is 5.79. The summed E-state index contributed by atoms with van der Waals surface area (Å²) in [4.78, 5) is 11.4. The maximum absolute atomic E-state index is 11.4. The summed E-state index contributed by atoms with van der Waals surface area (Å²) in [5.41, 5.74) is 3.22. The molecule has 1 unspecified atom stereocenters. The van der Waals surface area contributed by atoms with Gasteiger partial charge in [-0.05, 0) is 48.6 Å². The van der Waals surface area contributed by atoms with Crippen LogP contribution in [0.3, 0.4) is 0 Å². The second kappa shape index (κ2) is 6.57. The van der Waals surface area contributed by atoms with Gasteiger partial charge in [-0.15, -0.1) is 0 Å². The average Bonchev–Trinajstić information content (AvgIpc) is 2.35. The Balaban J connectivity index is 2.95. The minimum absolute atomic E-state index is 0.349. The van der Waals surface area contributed by atoms with E-state index in [1.54, 1.807) is 7.11 Å². The maximum atomic E-state index is 11.4. The first-order valence-electron chi connectivity index (χ1n) is 6.50. The second-order valence-electron chi connectivity index (χ2n) is 5.07. The third-order valence-corrected chi connectivity index (χ3v) is 3.14. The number of aliphatic hydroxyl groups excluding tert-OH is 1. The van der Waals surface area contributed by atoms with Gasteiger partial charge >= 0.3 is 0 Å². The molecule has 0 aliphatic rings.